The number of aliphatic hydroxyl groups excluding tert-OH is 1. The molecule has 2 aliphatic rings. The predicted molar refractivity (Wildman–Crippen MR) is 66.5 cm³/mol. The molecular formula is C12H10N2O4S. The first-order valence-corrected chi connectivity index (χ1v) is 6.61. The fraction of sp³-hybridized carbons (Fsp3) is 0.417. The van der Waals surface area contributed by atoms with E-state index in [4.69, 9.17) is 9.84 Å². The van der Waals surface area contributed by atoms with E-state index in [2.05, 4.69) is 16.8 Å². The molecule has 1 aromatic heterocycles. The number of aromatic nitrogens is 1. The van der Waals surface area contributed by atoms with Gasteiger partial charge in [-0.3, -0.25) is 9.59 Å². The van der Waals surface area contributed by atoms with Crippen LogP contribution in [0.25, 0.3) is 0 Å². The molecule has 7 heteroatoms. The van der Waals surface area contributed by atoms with E-state index in [9.17, 15) is 9.59 Å². The Morgan fingerprint density at radius 1 is 1.42 bits per heavy atom. The van der Waals surface area contributed by atoms with Crippen LogP contribution in [0, 0.1) is 11.8 Å². The molecule has 2 amide bonds. The monoisotopic (exact) mass is 278 g/mol. The Balaban J connectivity index is 1.90. The number of amides is 2. The van der Waals surface area contributed by atoms with E-state index < -0.39 is 12.2 Å². The first-order chi connectivity index (χ1) is 9.20. The second-order valence-electron chi connectivity index (χ2n) is 4.17. The minimum atomic E-state index is -0.529. The van der Waals surface area contributed by atoms with E-state index in [0.29, 0.717) is 22.9 Å². The van der Waals surface area contributed by atoms with Crippen LogP contribution in [0.1, 0.15) is 17.7 Å². The standard InChI is InChI=1S/C12H10N2O4S/c15-5-1-2-7-6-13-12(19-7)14-10(16)8-3-4-9(18-8)11(14)17/h6,8-9,15H,3-5H2. The number of carbonyl (C=O) groups is 2. The van der Waals surface area contributed by atoms with Crippen molar-refractivity contribution in [2.45, 2.75) is 25.0 Å². The summed E-state index contributed by atoms with van der Waals surface area (Å²) in [6, 6.07) is 0. The van der Waals surface area contributed by atoms with E-state index >= 15 is 0 Å². The lowest BCUT2D eigenvalue weighted by molar-refractivity contribution is -0.146. The molecular weight excluding hydrogens is 268 g/mol. The first kappa shape index (κ1) is 12.3. The maximum absolute atomic E-state index is 12.1. The molecule has 2 unspecified atom stereocenters. The first-order valence-electron chi connectivity index (χ1n) is 5.79. The van der Waals surface area contributed by atoms with Gasteiger partial charge >= 0.3 is 0 Å². The smallest absolute Gasteiger partial charge is 0.264 e. The Kier molecular flexibility index (Phi) is 3.06. The molecule has 6 nitrogen and oxygen atoms in total. The summed E-state index contributed by atoms with van der Waals surface area (Å²) in [6.07, 6.45) is 1.58. The number of morpholine rings is 1. The van der Waals surface area contributed by atoms with Gasteiger partial charge in [-0.15, -0.1) is 0 Å². The Morgan fingerprint density at radius 3 is 2.74 bits per heavy atom. The molecule has 3 heterocycles. The molecule has 2 aliphatic heterocycles. The highest BCUT2D eigenvalue weighted by Gasteiger charge is 2.48. The summed E-state index contributed by atoms with van der Waals surface area (Å²) >= 11 is 1.15. The van der Waals surface area contributed by atoms with Gasteiger partial charge in [0, 0.05) is 0 Å². The maximum Gasteiger partial charge on any atom is 0.264 e. The number of imide groups is 1. The molecule has 2 bridgehead atoms. The van der Waals surface area contributed by atoms with Gasteiger partial charge in [0.25, 0.3) is 11.8 Å². The van der Waals surface area contributed by atoms with Crippen LogP contribution in [-0.4, -0.2) is 40.7 Å². The van der Waals surface area contributed by atoms with Crippen LogP contribution in [0.2, 0.25) is 0 Å². The fourth-order valence-electron chi connectivity index (χ4n) is 2.14. The Labute approximate surface area is 113 Å². The summed E-state index contributed by atoms with van der Waals surface area (Å²) in [5.41, 5.74) is 0. The van der Waals surface area contributed by atoms with Gasteiger partial charge in [0.2, 0.25) is 0 Å². The third-order valence-corrected chi connectivity index (χ3v) is 3.88. The van der Waals surface area contributed by atoms with Crippen LogP contribution in [0.15, 0.2) is 6.20 Å². The summed E-state index contributed by atoms with van der Waals surface area (Å²) < 4.78 is 5.32. The summed E-state index contributed by atoms with van der Waals surface area (Å²) in [5, 5.41) is 8.94. The molecule has 0 aromatic carbocycles. The van der Waals surface area contributed by atoms with E-state index in [1.54, 1.807) is 0 Å². The van der Waals surface area contributed by atoms with Crippen LogP contribution < -0.4 is 4.90 Å². The Bertz CT molecular complexity index is 578. The van der Waals surface area contributed by atoms with Gasteiger partial charge in [-0.05, 0) is 12.8 Å². The lowest BCUT2D eigenvalue weighted by Gasteiger charge is -2.27. The van der Waals surface area contributed by atoms with Gasteiger partial charge in [0.05, 0.1) is 11.1 Å². The van der Waals surface area contributed by atoms with Crippen molar-refractivity contribution in [2.24, 2.45) is 0 Å². The van der Waals surface area contributed by atoms with Gasteiger partial charge in [-0.1, -0.05) is 23.2 Å². The molecule has 98 valence electrons. The summed E-state index contributed by atoms with van der Waals surface area (Å²) in [5.74, 6) is 4.49. The van der Waals surface area contributed by atoms with Crippen LogP contribution in [0.5, 0.6) is 0 Å². The van der Waals surface area contributed by atoms with Crippen molar-refractivity contribution in [1.82, 2.24) is 4.98 Å². The second kappa shape index (κ2) is 4.74. The van der Waals surface area contributed by atoms with Crippen molar-refractivity contribution in [3.05, 3.63) is 11.1 Å². The third kappa shape index (κ3) is 2.04. The third-order valence-electron chi connectivity index (χ3n) is 2.99. The Hall–Kier alpha value is -1.75. The van der Waals surface area contributed by atoms with Gasteiger partial charge < -0.3 is 9.84 Å². The van der Waals surface area contributed by atoms with Gasteiger partial charge in [-0.25, -0.2) is 9.88 Å². The highest BCUT2D eigenvalue weighted by Crippen LogP contribution is 2.33. The topological polar surface area (TPSA) is 79.7 Å². The molecule has 0 spiro atoms. The average Bonchev–Trinajstić information content (AvgIpc) is 3.03. The minimum Gasteiger partial charge on any atom is -0.384 e. The van der Waals surface area contributed by atoms with E-state index in [-0.39, 0.29) is 18.4 Å². The van der Waals surface area contributed by atoms with E-state index in [1.807, 2.05) is 0 Å². The molecule has 0 radical (unpaired) electrons. The SMILES string of the molecule is O=C1C2CCC(O2)C(=O)N1c1ncc(C#CCO)s1. The number of carbonyl (C=O) groups excluding carboxylic acids is 2. The van der Waals surface area contributed by atoms with Crippen molar-refractivity contribution < 1.29 is 19.4 Å². The number of hydrogen-bond acceptors (Lipinski definition) is 6. The van der Waals surface area contributed by atoms with Crippen molar-refractivity contribution in [1.29, 1.82) is 0 Å². The number of ether oxygens (including phenoxy) is 1. The number of thiazole rings is 1. The van der Waals surface area contributed by atoms with E-state index in [0.717, 1.165) is 16.2 Å². The van der Waals surface area contributed by atoms with Crippen LogP contribution in [-0.2, 0) is 14.3 Å². The highest BCUT2D eigenvalue weighted by molar-refractivity contribution is 7.16. The van der Waals surface area contributed by atoms with Crippen molar-refractivity contribution in [3.63, 3.8) is 0 Å². The normalized spacial score (nSPS) is 25.4. The van der Waals surface area contributed by atoms with Crippen LogP contribution in [0.4, 0.5) is 5.13 Å². The molecule has 1 N–H and O–H groups in total. The average molecular weight is 278 g/mol. The lowest BCUT2D eigenvalue weighted by Crippen LogP contribution is -2.51. The zero-order valence-corrected chi connectivity index (χ0v) is 10.6. The van der Waals surface area contributed by atoms with Crippen LogP contribution >= 0.6 is 11.3 Å². The Morgan fingerprint density at radius 2 is 2.11 bits per heavy atom. The fourth-order valence-corrected chi connectivity index (χ4v) is 2.94. The number of rotatable bonds is 1. The number of nitrogens with zero attached hydrogens (tertiary/aromatic N) is 2. The largest absolute Gasteiger partial charge is 0.384 e. The minimum absolute atomic E-state index is 0.243. The lowest BCUT2D eigenvalue weighted by atomic mass is 10.2. The van der Waals surface area contributed by atoms with Crippen molar-refractivity contribution >= 4 is 28.3 Å². The second-order valence-corrected chi connectivity index (χ2v) is 5.18. The highest BCUT2D eigenvalue weighted by atomic mass is 32.1. The molecule has 19 heavy (non-hydrogen) atoms. The molecule has 2 atom stereocenters. The molecule has 0 aliphatic carbocycles. The van der Waals surface area contributed by atoms with Gasteiger partial charge in [0.1, 0.15) is 18.8 Å². The quantitative estimate of drug-likeness (QED) is 0.573. The summed E-state index contributed by atoms with van der Waals surface area (Å²) in [7, 11) is 0. The van der Waals surface area contributed by atoms with Crippen molar-refractivity contribution in [3.8, 4) is 11.8 Å². The zero-order chi connectivity index (χ0) is 13.4. The molecule has 1 aromatic rings. The number of fused-ring (bicyclic) bond motifs is 2. The van der Waals surface area contributed by atoms with Gasteiger partial charge in [0.15, 0.2) is 5.13 Å². The number of aliphatic hydroxyl groups is 1. The summed E-state index contributed by atoms with van der Waals surface area (Å²) in [4.78, 5) is 29.9. The molecule has 2 fully saturated rings. The molecule has 0 saturated carbocycles. The predicted octanol–water partition coefficient (Wildman–Crippen LogP) is -0.0923. The van der Waals surface area contributed by atoms with Gasteiger partial charge in [-0.2, -0.15) is 0 Å². The maximum atomic E-state index is 12.1. The zero-order valence-electron chi connectivity index (χ0n) is 9.83. The van der Waals surface area contributed by atoms with Crippen LogP contribution in [0.3, 0.4) is 0 Å². The summed E-state index contributed by atoms with van der Waals surface area (Å²) in [6.45, 7) is -0.243. The van der Waals surface area contributed by atoms with Crippen molar-refractivity contribution in [2.75, 3.05) is 11.5 Å². The molecule has 2 saturated heterocycles. The molecule has 3 rings (SSSR count). The number of hydrogen-bond donors (Lipinski definition) is 1. The number of anilines is 1. The van der Waals surface area contributed by atoms with E-state index in [1.165, 1.54) is 6.20 Å².